The number of halogens is 2. The van der Waals surface area contributed by atoms with E-state index in [-0.39, 0.29) is 5.56 Å². The highest BCUT2D eigenvalue weighted by Gasteiger charge is 2.29. The van der Waals surface area contributed by atoms with Crippen LogP contribution in [-0.4, -0.2) is 10.9 Å². The van der Waals surface area contributed by atoms with Crippen LogP contribution in [0.5, 0.6) is 11.5 Å². The number of hydrogen-bond acceptors (Lipinski definition) is 3. The lowest BCUT2D eigenvalue weighted by Crippen LogP contribution is -2.34. The number of alkyl halides is 2. The number of amides is 1. The van der Waals surface area contributed by atoms with Gasteiger partial charge in [-0.25, -0.2) is 8.78 Å². The third-order valence-corrected chi connectivity index (χ3v) is 4.87. The van der Waals surface area contributed by atoms with Gasteiger partial charge in [-0.3, -0.25) is 9.59 Å². The van der Waals surface area contributed by atoms with E-state index in [0.29, 0.717) is 11.5 Å². The fraction of sp³-hybridized carbons (Fsp3) is 0.182. The van der Waals surface area contributed by atoms with E-state index in [1.165, 1.54) is 0 Å². The lowest BCUT2D eigenvalue weighted by molar-refractivity contribution is 0.0939. The second kappa shape index (κ2) is 7.16. The summed E-state index contributed by atoms with van der Waals surface area (Å²) < 4.78 is 31.5. The van der Waals surface area contributed by atoms with Crippen LogP contribution in [0.15, 0.2) is 53.3 Å². The van der Waals surface area contributed by atoms with Crippen molar-refractivity contribution in [1.29, 1.82) is 0 Å². The Labute approximate surface area is 165 Å². The van der Waals surface area contributed by atoms with Crippen LogP contribution < -0.4 is 15.6 Å². The smallest absolute Gasteiger partial charge is 0.278 e. The summed E-state index contributed by atoms with van der Waals surface area (Å²) in [5.41, 5.74) is 1.89. The molecule has 4 rings (SSSR count). The lowest BCUT2D eigenvalue weighted by atomic mass is 9.92. The van der Waals surface area contributed by atoms with Gasteiger partial charge in [-0.05, 0) is 49.2 Å². The first-order valence-corrected chi connectivity index (χ1v) is 9.04. The average molecular weight is 396 g/mol. The molecule has 1 amide bonds. The van der Waals surface area contributed by atoms with Crippen LogP contribution in [0.25, 0.3) is 0 Å². The van der Waals surface area contributed by atoms with Crippen molar-refractivity contribution in [3.63, 3.8) is 0 Å². The van der Waals surface area contributed by atoms with Gasteiger partial charge in [0.2, 0.25) is 0 Å². The number of aromatic amines is 1. The average Bonchev–Trinajstić information content (AvgIpc) is 2.66. The van der Waals surface area contributed by atoms with Crippen LogP contribution in [0, 0.1) is 13.8 Å². The first-order chi connectivity index (χ1) is 13.8. The van der Waals surface area contributed by atoms with Gasteiger partial charge < -0.3 is 15.0 Å². The maximum absolute atomic E-state index is 12.8. The van der Waals surface area contributed by atoms with Crippen LogP contribution in [-0.2, 0) is 0 Å². The summed E-state index contributed by atoms with van der Waals surface area (Å²) in [5, 5.41) is 2.85. The Morgan fingerprint density at radius 3 is 2.10 bits per heavy atom. The van der Waals surface area contributed by atoms with Gasteiger partial charge in [-0.15, -0.1) is 0 Å². The molecule has 1 aromatic heterocycles. The number of benzene rings is 2. The van der Waals surface area contributed by atoms with Gasteiger partial charge in [-0.2, -0.15) is 0 Å². The van der Waals surface area contributed by atoms with Crippen LogP contribution >= 0.6 is 0 Å². The Morgan fingerprint density at radius 1 is 1.00 bits per heavy atom. The predicted octanol–water partition coefficient (Wildman–Crippen LogP) is 4.55. The Hall–Kier alpha value is -3.48. The predicted molar refractivity (Wildman–Crippen MR) is 104 cm³/mol. The molecule has 0 aliphatic carbocycles. The van der Waals surface area contributed by atoms with E-state index >= 15 is 0 Å². The normalized spacial score (nSPS) is 12.9. The minimum Gasteiger partial charge on any atom is -0.457 e. The van der Waals surface area contributed by atoms with Crippen molar-refractivity contribution in [1.82, 2.24) is 10.3 Å². The molecule has 0 unspecified atom stereocenters. The third kappa shape index (κ3) is 3.51. The Balaban J connectivity index is 1.74. The van der Waals surface area contributed by atoms with Gasteiger partial charge in [0.15, 0.2) is 0 Å². The Bertz CT molecular complexity index is 1120. The number of ether oxygens (including phenoxy) is 1. The van der Waals surface area contributed by atoms with E-state index in [1.807, 2.05) is 50.2 Å². The van der Waals surface area contributed by atoms with Crippen molar-refractivity contribution in [3.8, 4) is 11.5 Å². The summed E-state index contributed by atoms with van der Waals surface area (Å²) in [6.45, 7) is 3.88. The number of nitrogens with one attached hydrogen (secondary N) is 2. The van der Waals surface area contributed by atoms with Gasteiger partial charge in [-0.1, -0.05) is 24.3 Å². The molecule has 0 bridgehead atoms. The molecule has 0 spiro atoms. The highest BCUT2D eigenvalue weighted by Crippen LogP contribution is 2.43. The van der Waals surface area contributed by atoms with Gasteiger partial charge in [0.25, 0.3) is 17.9 Å². The monoisotopic (exact) mass is 396 g/mol. The molecule has 29 heavy (non-hydrogen) atoms. The summed E-state index contributed by atoms with van der Waals surface area (Å²) in [7, 11) is 0. The molecule has 0 saturated heterocycles. The Kier molecular flexibility index (Phi) is 4.66. The van der Waals surface area contributed by atoms with E-state index in [2.05, 4.69) is 10.3 Å². The number of aromatic nitrogens is 1. The van der Waals surface area contributed by atoms with Gasteiger partial charge >= 0.3 is 0 Å². The van der Waals surface area contributed by atoms with E-state index in [0.717, 1.165) is 34.4 Å². The summed E-state index contributed by atoms with van der Waals surface area (Å²) in [6, 6.07) is 12.9. The van der Waals surface area contributed by atoms with Crippen molar-refractivity contribution in [3.05, 3.63) is 92.4 Å². The summed E-state index contributed by atoms with van der Waals surface area (Å²) in [6.07, 6.45) is -2.82. The number of rotatable bonds is 3. The molecule has 2 heterocycles. The van der Waals surface area contributed by atoms with Crippen molar-refractivity contribution in [2.24, 2.45) is 0 Å². The summed E-state index contributed by atoms with van der Waals surface area (Å²) in [4.78, 5) is 27.0. The quantitative estimate of drug-likeness (QED) is 0.682. The second-order valence-electron chi connectivity index (χ2n) is 7.05. The van der Waals surface area contributed by atoms with Crippen LogP contribution in [0.3, 0.4) is 0 Å². The molecule has 1 aliphatic rings. The molecule has 5 nitrogen and oxygen atoms in total. The lowest BCUT2D eigenvalue weighted by Gasteiger charge is -2.29. The molecule has 3 aromatic rings. The van der Waals surface area contributed by atoms with Crippen molar-refractivity contribution >= 4 is 5.91 Å². The van der Waals surface area contributed by atoms with Crippen molar-refractivity contribution in [2.45, 2.75) is 26.3 Å². The van der Waals surface area contributed by atoms with Crippen molar-refractivity contribution in [2.75, 3.05) is 0 Å². The van der Waals surface area contributed by atoms with E-state index in [1.54, 1.807) is 0 Å². The van der Waals surface area contributed by atoms with Gasteiger partial charge in [0.05, 0.1) is 11.7 Å². The maximum atomic E-state index is 12.8. The van der Waals surface area contributed by atoms with Crippen LogP contribution in [0.1, 0.15) is 50.8 Å². The van der Waals surface area contributed by atoms with E-state index < -0.39 is 29.6 Å². The molecule has 0 radical (unpaired) electrons. The zero-order chi connectivity index (χ0) is 20.7. The summed E-state index contributed by atoms with van der Waals surface area (Å²) in [5.74, 6) is 0.586. The zero-order valence-electron chi connectivity index (χ0n) is 15.8. The largest absolute Gasteiger partial charge is 0.457 e. The highest BCUT2D eigenvalue weighted by molar-refractivity contribution is 5.94. The number of carbonyl (C=O) groups excluding carboxylic acids is 1. The summed E-state index contributed by atoms with van der Waals surface area (Å²) >= 11 is 0. The second-order valence-corrected chi connectivity index (χ2v) is 7.05. The number of hydrogen-bond donors (Lipinski definition) is 2. The number of aryl methyl sites for hydroxylation is 2. The van der Waals surface area contributed by atoms with E-state index in [4.69, 9.17) is 4.74 Å². The first kappa shape index (κ1) is 18.9. The van der Waals surface area contributed by atoms with Crippen molar-refractivity contribution < 1.29 is 18.3 Å². The molecule has 1 aliphatic heterocycles. The fourth-order valence-electron chi connectivity index (χ4n) is 3.38. The minimum absolute atomic E-state index is 0.233. The van der Waals surface area contributed by atoms with Crippen LogP contribution in [0.2, 0.25) is 0 Å². The molecule has 0 fully saturated rings. The van der Waals surface area contributed by atoms with E-state index in [9.17, 15) is 18.4 Å². The Morgan fingerprint density at radius 2 is 1.59 bits per heavy atom. The van der Waals surface area contributed by atoms with Crippen LogP contribution in [0.4, 0.5) is 8.78 Å². The number of carbonyl (C=O) groups is 1. The molecule has 0 saturated carbocycles. The molecule has 0 atom stereocenters. The molecule has 2 aromatic carbocycles. The maximum Gasteiger partial charge on any atom is 0.278 e. The highest BCUT2D eigenvalue weighted by atomic mass is 19.3. The first-order valence-electron chi connectivity index (χ1n) is 9.04. The standard InChI is InChI=1S/C22H18F2N2O3/c1-11-3-5-13-17(9-11)29-18-10-12(2)4-6-14(18)19(13)26-22(28)15-7-8-16(20(23)24)25-21(15)27/h3-10,19-20H,1-2H3,(H,25,27)(H,26,28). The topological polar surface area (TPSA) is 71.2 Å². The molecule has 2 N–H and O–H groups in total. The minimum atomic E-state index is -2.82. The fourth-order valence-corrected chi connectivity index (χ4v) is 3.38. The SMILES string of the molecule is Cc1ccc2c(c1)Oc1cc(C)ccc1C2NC(=O)c1ccc(C(F)F)[nH]c1=O. The van der Waals surface area contributed by atoms with Gasteiger partial charge in [0.1, 0.15) is 17.1 Å². The zero-order valence-corrected chi connectivity index (χ0v) is 15.8. The number of pyridine rings is 1. The number of H-pyrrole nitrogens is 1. The molecular formula is C22H18F2N2O3. The molecular weight excluding hydrogens is 378 g/mol. The number of fused-ring (bicyclic) bond motifs is 2. The molecule has 148 valence electrons. The third-order valence-electron chi connectivity index (χ3n) is 4.87. The molecule has 7 heteroatoms. The van der Waals surface area contributed by atoms with Gasteiger partial charge in [0, 0.05) is 11.1 Å².